The van der Waals surface area contributed by atoms with E-state index in [1.165, 1.54) is 14.1 Å². The van der Waals surface area contributed by atoms with Crippen LogP contribution in [-0.2, 0) is 9.59 Å². The van der Waals surface area contributed by atoms with Crippen LogP contribution >= 0.6 is 0 Å². The van der Waals surface area contributed by atoms with Gasteiger partial charge in [-0.3, -0.25) is 0 Å². The summed E-state index contributed by atoms with van der Waals surface area (Å²) in [6.07, 6.45) is 0. The Bertz CT molecular complexity index is 167. The molecule has 0 aromatic carbocycles. The molecule has 5 nitrogen and oxygen atoms in total. The average molecular weight is 185 g/mol. The van der Waals surface area contributed by atoms with Crippen molar-refractivity contribution in [3.05, 3.63) is 0 Å². The van der Waals surface area contributed by atoms with E-state index in [1.807, 2.05) is 0 Å². The molecule has 0 aliphatic carbocycles. The van der Waals surface area contributed by atoms with Gasteiger partial charge in [0.2, 0.25) is 0 Å². The summed E-state index contributed by atoms with van der Waals surface area (Å²) in [4.78, 5) is 20.2. The first kappa shape index (κ1) is 14.4. The number of carboxylic acid groups (broad SMARTS) is 2. The van der Waals surface area contributed by atoms with E-state index in [1.54, 1.807) is 0 Å². The van der Waals surface area contributed by atoms with Crippen LogP contribution in [0, 0.1) is 0 Å². The van der Waals surface area contributed by atoms with Crippen molar-refractivity contribution >= 4 is 11.9 Å². The van der Waals surface area contributed by atoms with Crippen LogP contribution in [0.5, 0.6) is 0 Å². The van der Waals surface area contributed by atoms with E-state index in [0.29, 0.717) is 0 Å². The van der Waals surface area contributed by atoms with Crippen LogP contribution in [0.4, 0.5) is 0 Å². The van der Waals surface area contributed by atoms with Crippen LogP contribution in [0.1, 0.15) is 1.43 Å². The Labute approximate surface area is 94.3 Å². The van der Waals surface area contributed by atoms with Crippen molar-refractivity contribution in [3.8, 4) is 0 Å². The first-order valence-electron chi connectivity index (χ1n) is 3.07. The second-order valence-corrected chi connectivity index (χ2v) is 3.02. The molecule has 0 atom stereocenters. The zero-order valence-corrected chi connectivity index (χ0v) is 9.53. The molecule has 0 bridgehead atoms. The molecule has 1 N–H and O–H groups in total. The van der Waals surface area contributed by atoms with Gasteiger partial charge in [-0.25, -0.2) is 4.79 Å². The van der Waals surface area contributed by atoms with Crippen molar-refractivity contribution in [2.24, 2.45) is 0 Å². The van der Waals surface area contributed by atoms with Crippen molar-refractivity contribution in [1.29, 1.82) is 0 Å². The summed E-state index contributed by atoms with van der Waals surface area (Å²) in [6, 6.07) is 0. The molecule has 0 saturated carbocycles. The third kappa shape index (κ3) is 8.00. The van der Waals surface area contributed by atoms with E-state index in [4.69, 9.17) is 5.11 Å². The van der Waals surface area contributed by atoms with Crippen molar-refractivity contribution in [3.63, 3.8) is 0 Å². The van der Waals surface area contributed by atoms with Crippen molar-refractivity contribution in [1.82, 2.24) is 0 Å². The van der Waals surface area contributed by atoms with Gasteiger partial charge in [0.1, 0.15) is 6.54 Å². The second-order valence-electron chi connectivity index (χ2n) is 3.02. The number of nitrogens with zero attached hydrogens (tertiary/aromatic N) is 1. The van der Waals surface area contributed by atoms with Crippen LogP contribution in [-0.4, -0.2) is 48.7 Å². The molecule has 66 valence electrons. The molecule has 0 saturated heterocycles. The Morgan fingerprint density at radius 3 is 2.08 bits per heavy atom. The van der Waals surface area contributed by atoms with Crippen LogP contribution in [0.25, 0.3) is 0 Å². The van der Waals surface area contributed by atoms with Crippen LogP contribution < -0.4 is 34.7 Å². The fraction of sp³-hybridized carbons (Fsp3) is 0.667. The summed E-state index contributed by atoms with van der Waals surface area (Å²) in [6.45, 7) is -0.500. The summed E-state index contributed by atoms with van der Waals surface area (Å²) in [7, 11) is 3.04. The molecule has 0 heterocycles. The number of carboxylic acids is 2. The molecular formula is C6H12NNaO4. The largest absolute Gasteiger partial charge is 1.00 e. The Hall–Kier alpha value is -0.100. The Morgan fingerprint density at radius 1 is 1.42 bits per heavy atom. The predicted octanol–water partition coefficient (Wildman–Crippen LogP) is -4.99. The molecule has 0 unspecified atom stereocenters. The monoisotopic (exact) mass is 185 g/mol. The summed E-state index contributed by atoms with van der Waals surface area (Å²) in [5.74, 6) is -2.26. The molecule has 0 rings (SSSR count). The number of quaternary nitrogens is 1. The molecule has 0 spiro atoms. The molecule has 0 fully saturated rings. The molecule has 0 radical (unpaired) electrons. The van der Waals surface area contributed by atoms with E-state index >= 15 is 0 Å². The van der Waals surface area contributed by atoms with Gasteiger partial charge in [0.05, 0.1) is 20.1 Å². The van der Waals surface area contributed by atoms with E-state index in [2.05, 4.69) is 0 Å². The van der Waals surface area contributed by atoms with Crippen molar-refractivity contribution in [2.75, 3.05) is 27.2 Å². The Balaban J connectivity index is -0.000000500. The van der Waals surface area contributed by atoms with Crippen molar-refractivity contribution in [2.45, 2.75) is 0 Å². The zero-order chi connectivity index (χ0) is 9.07. The minimum Gasteiger partial charge on any atom is -1.00 e. The van der Waals surface area contributed by atoms with Gasteiger partial charge in [-0.05, 0) is 0 Å². The van der Waals surface area contributed by atoms with Gasteiger partial charge in [0.25, 0.3) is 0 Å². The van der Waals surface area contributed by atoms with Gasteiger partial charge in [-0.2, -0.15) is 0 Å². The van der Waals surface area contributed by atoms with Crippen LogP contribution in [0.3, 0.4) is 0 Å². The first-order chi connectivity index (χ1) is 4.83. The molecule has 0 aromatic heterocycles. The maximum Gasteiger partial charge on any atom is 1.00 e. The zero-order valence-electron chi connectivity index (χ0n) is 8.53. The smallest absolute Gasteiger partial charge is 1.00 e. The van der Waals surface area contributed by atoms with Gasteiger partial charge in [-0.1, -0.05) is 0 Å². The Morgan fingerprint density at radius 2 is 1.83 bits per heavy atom. The standard InChI is InChI=1S/C6H11NO4.Na.H/c1-7(2,3-5(8)9)4-6(10)11;;/h3-4H2,1-2H3,(H-,8,9,10,11);;/q;+1;-1. The number of hydrogen-bond acceptors (Lipinski definition) is 3. The van der Waals surface area contributed by atoms with E-state index in [0.717, 1.165) is 0 Å². The maximum atomic E-state index is 10.2. The van der Waals surface area contributed by atoms with Gasteiger partial charge in [-0.15, -0.1) is 0 Å². The topological polar surface area (TPSA) is 77.4 Å². The molecule has 0 aromatic rings. The van der Waals surface area contributed by atoms with Gasteiger partial charge < -0.3 is 20.9 Å². The number of rotatable bonds is 4. The number of carbonyl (C=O) groups excluding carboxylic acids is 1. The Kier molecular flexibility index (Phi) is 6.65. The molecule has 0 aliphatic heterocycles. The van der Waals surface area contributed by atoms with Gasteiger partial charge in [0, 0.05) is 0 Å². The predicted molar refractivity (Wildman–Crippen MR) is 35.6 cm³/mol. The van der Waals surface area contributed by atoms with E-state index < -0.39 is 11.9 Å². The number of likely N-dealkylation sites (N-methyl/N-ethyl adjacent to an activating group) is 1. The minimum atomic E-state index is -1.24. The fourth-order valence-electron chi connectivity index (χ4n) is 0.772. The fourth-order valence-corrected chi connectivity index (χ4v) is 0.772. The van der Waals surface area contributed by atoms with E-state index in [-0.39, 0.29) is 48.6 Å². The van der Waals surface area contributed by atoms with Gasteiger partial charge in [0.15, 0.2) is 6.54 Å². The summed E-state index contributed by atoms with van der Waals surface area (Å²) < 4.78 is -0.0995. The SMILES string of the molecule is C[N+](C)(CC(=O)[O-])CC(=O)O.[H-].[Na+]. The van der Waals surface area contributed by atoms with E-state index in [9.17, 15) is 14.7 Å². The summed E-state index contributed by atoms with van der Waals surface area (Å²) in [5, 5.41) is 18.4. The molecule has 0 amide bonds. The number of aliphatic carboxylic acids is 2. The molecule has 6 heteroatoms. The van der Waals surface area contributed by atoms with Gasteiger partial charge >= 0.3 is 35.5 Å². The molecular weight excluding hydrogens is 173 g/mol. The van der Waals surface area contributed by atoms with Crippen molar-refractivity contribution < 1.29 is 55.3 Å². The number of carbonyl (C=O) groups is 2. The minimum absolute atomic E-state index is 0. The summed E-state index contributed by atoms with van der Waals surface area (Å²) >= 11 is 0. The van der Waals surface area contributed by atoms with Crippen LogP contribution in [0.2, 0.25) is 0 Å². The second kappa shape index (κ2) is 5.53. The number of hydrogen-bond donors (Lipinski definition) is 1. The first-order valence-corrected chi connectivity index (χ1v) is 3.07. The third-order valence-corrected chi connectivity index (χ3v) is 1.12. The summed E-state index contributed by atoms with van der Waals surface area (Å²) in [5.41, 5.74) is 0. The average Bonchev–Trinajstić information content (AvgIpc) is 1.53. The van der Waals surface area contributed by atoms with Crippen LogP contribution in [0.15, 0.2) is 0 Å². The maximum absolute atomic E-state index is 10.2. The normalized spacial score (nSPS) is 10.2. The molecule has 0 aliphatic rings. The molecule has 12 heavy (non-hydrogen) atoms. The quantitative estimate of drug-likeness (QED) is 0.351. The third-order valence-electron chi connectivity index (χ3n) is 1.12.